The molecule has 0 spiro atoms. The number of carbonyl (C=O) groups excluding carboxylic acids is 1. The molecule has 5 aromatic rings. The van der Waals surface area contributed by atoms with Crippen LogP contribution in [0, 0.1) is 0 Å². The van der Waals surface area contributed by atoms with Crippen molar-refractivity contribution in [1.29, 1.82) is 0 Å². The fraction of sp³-hybridized carbons (Fsp3) is 0.0870. The zero-order valence-electron chi connectivity index (χ0n) is 16.2. The topological polar surface area (TPSA) is 71.1 Å². The average molecular weight is 414 g/mol. The Morgan fingerprint density at radius 2 is 1.97 bits per heavy atom. The Morgan fingerprint density at radius 3 is 2.80 bits per heavy atom. The Bertz CT molecular complexity index is 1340. The highest BCUT2D eigenvalue weighted by atomic mass is 32.1. The number of ether oxygens (including phenoxy) is 1. The Hall–Kier alpha value is -3.71. The molecule has 0 atom stereocenters. The Kier molecular flexibility index (Phi) is 4.65. The van der Waals surface area contributed by atoms with Crippen molar-refractivity contribution in [2.45, 2.75) is 6.54 Å². The number of hydrogen-bond donors (Lipinski definition) is 1. The molecule has 0 saturated carbocycles. The van der Waals surface area contributed by atoms with Gasteiger partial charge < -0.3 is 9.72 Å². The lowest BCUT2D eigenvalue weighted by molar-refractivity contribution is 0.0986. The lowest BCUT2D eigenvalue weighted by Crippen LogP contribution is -2.30. The molecule has 0 saturated heterocycles. The van der Waals surface area contributed by atoms with E-state index in [1.165, 1.54) is 11.3 Å². The molecule has 0 unspecified atom stereocenters. The minimum absolute atomic E-state index is 0.129. The van der Waals surface area contributed by atoms with Crippen LogP contribution in [0.4, 0.5) is 5.13 Å². The quantitative estimate of drug-likeness (QED) is 0.438. The van der Waals surface area contributed by atoms with Gasteiger partial charge in [0, 0.05) is 23.3 Å². The maximum atomic E-state index is 13.7. The number of benzene rings is 2. The van der Waals surface area contributed by atoms with E-state index >= 15 is 0 Å². The van der Waals surface area contributed by atoms with E-state index in [9.17, 15) is 4.79 Å². The van der Waals surface area contributed by atoms with Crippen molar-refractivity contribution in [2.75, 3.05) is 12.0 Å². The summed E-state index contributed by atoms with van der Waals surface area (Å²) in [4.78, 5) is 27.7. The van der Waals surface area contributed by atoms with E-state index < -0.39 is 0 Å². The predicted molar refractivity (Wildman–Crippen MR) is 119 cm³/mol. The van der Waals surface area contributed by atoms with Gasteiger partial charge in [-0.3, -0.25) is 14.7 Å². The van der Waals surface area contributed by atoms with E-state index in [-0.39, 0.29) is 5.91 Å². The van der Waals surface area contributed by atoms with Crippen molar-refractivity contribution in [3.05, 3.63) is 84.3 Å². The molecular formula is C23H18N4O2S. The molecule has 0 radical (unpaired) electrons. The number of aromatic amines is 1. The van der Waals surface area contributed by atoms with Gasteiger partial charge in [0.2, 0.25) is 0 Å². The minimum atomic E-state index is -0.129. The molecule has 1 N–H and O–H groups in total. The standard InChI is InChI=1S/C23H18N4O2S/c1-29-19-10-6-11-20-21(19)26-23(30-20)27(14-15-7-4-5-12-24-15)22(28)17-13-25-18-9-3-2-8-16(17)18/h2-13,25H,14H2,1H3. The van der Waals surface area contributed by atoms with Gasteiger partial charge in [-0.05, 0) is 30.3 Å². The molecule has 1 amide bonds. The predicted octanol–water partition coefficient (Wildman–Crippen LogP) is 5.03. The number of nitrogens with zero attached hydrogens (tertiary/aromatic N) is 3. The normalized spacial score (nSPS) is 11.1. The van der Waals surface area contributed by atoms with Crippen LogP contribution < -0.4 is 9.64 Å². The van der Waals surface area contributed by atoms with Crippen LogP contribution in [0.5, 0.6) is 5.75 Å². The molecule has 148 valence electrons. The first-order valence-corrected chi connectivity index (χ1v) is 10.3. The third-order valence-corrected chi connectivity index (χ3v) is 5.98. The zero-order valence-corrected chi connectivity index (χ0v) is 17.0. The number of rotatable bonds is 5. The number of H-pyrrole nitrogens is 1. The average Bonchev–Trinajstić information content (AvgIpc) is 3.42. The number of carbonyl (C=O) groups is 1. The first-order valence-electron chi connectivity index (χ1n) is 9.46. The number of fused-ring (bicyclic) bond motifs is 2. The second-order valence-corrected chi connectivity index (χ2v) is 7.77. The van der Waals surface area contributed by atoms with E-state index in [4.69, 9.17) is 9.72 Å². The van der Waals surface area contributed by atoms with Gasteiger partial charge in [-0.2, -0.15) is 0 Å². The van der Waals surface area contributed by atoms with Crippen molar-refractivity contribution in [3.8, 4) is 5.75 Å². The third-order valence-electron chi connectivity index (χ3n) is 4.93. The van der Waals surface area contributed by atoms with E-state index in [1.807, 2.05) is 60.7 Å². The van der Waals surface area contributed by atoms with Gasteiger partial charge in [-0.25, -0.2) is 4.98 Å². The summed E-state index contributed by atoms with van der Waals surface area (Å²) in [5, 5.41) is 1.49. The van der Waals surface area contributed by atoms with Crippen LogP contribution in [0.1, 0.15) is 16.1 Å². The number of methoxy groups -OCH3 is 1. The van der Waals surface area contributed by atoms with Crippen LogP contribution in [-0.4, -0.2) is 28.0 Å². The number of hydrogen-bond acceptors (Lipinski definition) is 5. The van der Waals surface area contributed by atoms with E-state index in [2.05, 4.69) is 9.97 Å². The van der Waals surface area contributed by atoms with Crippen molar-refractivity contribution in [3.63, 3.8) is 0 Å². The van der Waals surface area contributed by atoms with Crippen molar-refractivity contribution in [1.82, 2.24) is 15.0 Å². The number of pyridine rings is 1. The molecule has 30 heavy (non-hydrogen) atoms. The Labute approximate surface area is 176 Å². The molecule has 0 fully saturated rings. The van der Waals surface area contributed by atoms with Crippen LogP contribution >= 0.6 is 11.3 Å². The summed E-state index contributed by atoms with van der Waals surface area (Å²) in [6, 6.07) is 19.2. The molecule has 0 aliphatic rings. The molecule has 5 rings (SSSR count). The summed E-state index contributed by atoms with van der Waals surface area (Å²) in [5.74, 6) is 0.559. The second-order valence-electron chi connectivity index (χ2n) is 6.76. The van der Waals surface area contributed by atoms with Gasteiger partial charge in [0.05, 0.1) is 29.6 Å². The number of aromatic nitrogens is 3. The number of amides is 1. The van der Waals surface area contributed by atoms with Crippen LogP contribution in [0.25, 0.3) is 21.1 Å². The maximum Gasteiger partial charge on any atom is 0.262 e. The monoisotopic (exact) mass is 414 g/mol. The largest absolute Gasteiger partial charge is 0.494 e. The van der Waals surface area contributed by atoms with Gasteiger partial charge in [-0.15, -0.1) is 0 Å². The highest BCUT2D eigenvalue weighted by Gasteiger charge is 2.25. The third kappa shape index (κ3) is 3.19. The summed E-state index contributed by atoms with van der Waals surface area (Å²) < 4.78 is 6.41. The summed E-state index contributed by atoms with van der Waals surface area (Å²) >= 11 is 1.46. The van der Waals surface area contributed by atoms with Crippen LogP contribution in [0.15, 0.2) is 73.1 Å². The lowest BCUT2D eigenvalue weighted by Gasteiger charge is -2.19. The zero-order chi connectivity index (χ0) is 20.5. The summed E-state index contributed by atoms with van der Waals surface area (Å²) in [6.07, 6.45) is 3.48. The van der Waals surface area contributed by atoms with E-state index in [0.717, 1.165) is 26.8 Å². The Morgan fingerprint density at radius 1 is 1.10 bits per heavy atom. The van der Waals surface area contributed by atoms with Gasteiger partial charge in [-0.1, -0.05) is 41.7 Å². The van der Waals surface area contributed by atoms with Gasteiger partial charge in [0.15, 0.2) is 5.13 Å². The van der Waals surface area contributed by atoms with E-state index in [0.29, 0.717) is 23.0 Å². The molecular weight excluding hydrogens is 396 g/mol. The highest BCUT2D eigenvalue weighted by Crippen LogP contribution is 2.35. The molecule has 7 heteroatoms. The fourth-order valence-electron chi connectivity index (χ4n) is 3.47. The molecule has 2 aromatic carbocycles. The summed E-state index contributed by atoms with van der Waals surface area (Å²) in [6.45, 7) is 0.321. The number of para-hydroxylation sites is 2. The van der Waals surface area contributed by atoms with Gasteiger partial charge >= 0.3 is 0 Å². The summed E-state index contributed by atoms with van der Waals surface area (Å²) in [7, 11) is 1.62. The molecule has 0 aliphatic heterocycles. The molecule has 6 nitrogen and oxygen atoms in total. The van der Waals surface area contributed by atoms with Crippen LogP contribution in [-0.2, 0) is 6.54 Å². The number of thiazole rings is 1. The number of nitrogens with one attached hydrogen (secondary N) is 1. The van der Waals surface area contributed by atoms with Crippen molar-refractivity contribution < 1.29 is 9.53 Å². The van der Waals surface area contributed by atoms with Crippen LogP contribution in [0.3, 0.4) is 0 Å². The first kappa shape index (κ1) is 18.3. The molecule has 0 aliphatic carbocycles. The fourth-order valence-corrected chi connectivity index (χ4v) is 4.45. The van der Waals surface area contributed by atoms with Crippen molar-refractivity contribution >= 4 is 43.5 Å². The van der Waals surface area contributed by atoms with E-state index in [1.54, 1.807) is 24.4 Å². The SMILES string of the molecule is COc1cccc2sc(N(Cc3ccccn3)C(=O)c3c[nH]c4ccccc34)nc12. The highest BCUT2D eigenvalue weighted by molar-refractivity contribution is 7.22. The molecule has 3 aromatic heterocycles. The van der Waals surface area contributed by atoms with Gasteiger partial charge in [0.1, 0.15) is 11.3 Å². The summed E-state index contributed by atoms with van der Waals surface area (Å²) in [5.41, 5.74) is 3.06. The molecule has 0 bridgehead atoms. The first-order chi connectivity index (χ1) is 14.7. The molecule has 3 heterocycles. The smallest absolute Gasteiger partial charge is 0.262 e. The maximum absolute atomic E-state index is 13.7. The lowest BCUT2D eigenvalue weighted by atomic mass is 10.1. The van der Waals surface area contributed by atoms with Gasteiger partial charge in [0.25, 0.3) is 5.91 Å². The second kappa shape index (κ2) is 7.61. The minimum Gasteiger partial charge on any atom is -0.494 e. The Balaban J connectivity index is 1.63. The van der Waals surface area contributed by atoms with Crippen molar-refractivity contribution in [2.24, 2.45) is 0 Å². The number of anilines is 1. The van der Waals surface area contributed by atoms with Crippen LogP contribution in [0.2, 0.25) is 0 Å².